The summed E-state index contributed by atoms with van der Waals surface area (Å²) in [6.45, 7) is 13.3. The van der Waals surface area contributed by atoms with Gasteiger partial charge >= 0.3 is 0 Å². The second-order valence-corrected chi connectivity index (χ2v) is 15.2. The van der Waals surface area contributed by atoms with Crippen LogP contribution in [0.4, 0.5) is 0 Å². The first-order valence-electron chi connectivity index (χ1n) is 15.4. The van der Waals surface area contributed by atoms with Crippen molar-refractivity contribution in [1.82, 2.24) is 0 Å². The lowest BCUT2D eigenvalue weighted by Gasteiger charge is -2.68. The Labute approximate surface area is 211 Å². The molecule has 0 saturated heterocycles. The van der Waals surface area contributed by atoms with Crippen LogP contribution in [0.5, 0.6) is 0 Å². The Balaban J connectivity index is 1.28. The van der Waals surface area contributed by atoms with Gasteiger partial charge in [-0.05, 0) is 134 Å². The topological polar surface area (TPSA) is 40.5 Å². The first kappa shape index (κ1) is 25.6. The minimum atomic E-state index is 0.0487. The van der Waals surface area contributed by atoms with Crippen molar-refractivity contribution in [2.45, 2.75) is 118 Å². The third-order valence-electron chi connectivity index (χ3n) is 13.5. The molecule has 0 aromatic heterocycles. The average molecular weight is 473 g/mol. The van der Waals surface area contributed by atoms with Crippen molar-refractivity contribution in [3.8, 4) is 0 Å². The van der Waals surface area contributed by atoms with Crippen molar-refractivity contribution in [2.75, 3.05) is 13.2 Å². The maximum Gasteiger partial charge on any atom is 0.0491 e. The Morgan fingerprint density at radius 2 is 1.59 bits per heavy atom. The predicted octanol–water partition coefficient (Wildman–Crippen LogP) is 7.71. The van der Waals surface area contributed by atoms with E-state index in [0.717, 1.165) is 53.8 Å². The average Bonchev–Trinajstić information content (AvgIpc) is 3.14. The van der Waals surface area contributed by atoms with Gasteiger partial charge in [-0.15, -0.1) is 0 Å². The van der Waals surface area contributed by atoms with E-state index >= 15 is 0 Å². The van der Waals surface area contributed by atoms with Gasteiger partial charge in [-0.1, -0.05) is 53.9 Å². The Morgan fingerprint density at radius 1 is 0.824 bits per heavy atom. The van der Waals surface area contributed by atoms with Crippen molar-refractivity contribution in [3.05, 3.63) is 0 Å². The van der Waals surface area contributed by atoms with E-state index in [9.17, 15) is 10.2 Å². The van der Waals surface area contributed by atoms with Crippen molar-refractivity contribution in [3.63, 3.8) is 0 Å². The van der Waals surface area contributed by atoms with Gasteiger partial charge in [0.15, 0.2) is 0 Å². The molecule has 0 radical (unpaired) electrons. The zero-order valence-corrected chi connectivity index (χ0v) is 23.2. The summed E-state index contributed by atoms with van der Waals surface area (Å²) in [5, 5.41) is 19.9. The normalized spacial score (nSPS) is 50.6. The molecule has 5 aliphatic carbocycles. The highest BCUT2D eigenvalue weighted by atomic mass is 16.3. The van der Waals surface area contributed by atoms with Crippen LogP contribution in [0.15, 0.2) is 0 Å². The molecule has 0 bridgehead atoms. The van der Waals surface area contributed by atoms with E-state index in [2.05, 4.69) is 34.6 Å². The third-order valence-corrected chi connectivity index (χ3v) is 13.5. The van der Waals surface area contributed by atoms with Crippen LogP contribution < -0.4 is 0 Å². The Morgan fingerprint density at radius 3 is 2.29 bits per heavy atom. The van der Waals surface area contributed by atoms with Crippen LogP contribution in [0, 0.1) is 69.5 Å². The third kappa shape index (κ3) is 3.86. The van der Waals surface area contributed by atoms with Crippen molar-refractivity contribution in [1.29, 1.82) is 0 Å². The largest absolute Gasteiger partial charge is 0.396 e. The summed E-state index contributed by atoms with van der Waals surface area (Å²) in [7, 11) is 0. The minimum Gasteiger partial charge on any atom is -0.396 e. The van der Waals surface area contributed by atoms with Crippen LogP contribution in [-0.2, 0) is 0 Å². The number of aliphatic hydroxyl groups excluding tert-OH is 2. The SMILES string of the molecule is CC(C)CCC[C@@H](C)[C@H]1CC[C@H]2[C@@H]3CC[C@H]4CC5C(CC5(CO)CCO)C[C@]4(C)[C@H]3CC[C@]12C. The molecular formula is C32H56O2. The molecule has 2 N–H and O–H groups in total. The second-order valence-electron chi connectivity index (χ2n) is 15.2. The molecule has 34 heavy (non-hydrogen) atoms. The van der Waals surface area contributed by atoms with Crippen molar-refractivity contribution < 1.29 is 10.2 Å². The highest BCUT2D eigenvalue weighted by Gasteiger charge is 2.65. The first-order chi connectivity index (χ1) is 16.2. The number of hydrogen-bond donors (Lipinski definition) is 2. The number of aliphatic hydroxyl groups is 2. The quantitative estimate of drug-likeness (QED) is 0.380. The fourth-order valence-corrected chi connectivity index (χ4v) is 11.7. The summed E-state index contributed by atoms with van der Waals surface area (Å²) in [5.41, 5.74) is 1.18. The van der Waals surface area contributed by atoms with Gasteiger partial charge in [0.05, 0.1) is 0 Å². The molecule has 5 saturated carbocycles. The van der Waals surface area contributed by atoms with Gasteiger partial charge in [0.25, 0.3) is 0 Å². The molecule has 0 amide bonds. The fraction of sp³-hybridized carbons (Fsp3) is 1.00. The molecule has 3 unspecified atom stereocenters. The number of fused-ring (bicyclic) bond motifs is 6. The van der Waals surface area contributed by atoms with E-state index in [4.69, 9.17) is 0 Å². The standard InChI is InChI=1S/C32H56O2/c1-21(2)7-6-8-22(3)26-11-12-27-25-10-9-24-17-29-23(19-32(29,20-34)15-16-33)18-31(24,5)28(25)13-14-30(26,27)4/h21-29,33-34H,6-20H2,1-5H3/t22-,23?,24+,25+,26-,27+,28+,29?,30-,31+,32?/m1/s1. The summed E-state index contributed by atoms with van der Waals surface area (Å²) >= 11 is 0. The van der Waals surface area contributed by atoms with E-state index in [-0.39, 0.29) is 12.0 Å². The molecule has 196 valence electrons. The maximum atomic E-state index is 10.2. The lowest BCUT2D eigenvalue weighted by molar-refractivity contribution is -0.198. The summed E-state index contributed by atoms with van der Waals surface area (Å²) < 4.78 is 0. The van der Waals surface area contributed by atoms with Gasteiger partial charge in [0, 0.05) is 13.2 Å². The molecule has 5 fully saturated rings. The van der Waals surface area contributed by atoms with Crippen molar-refractivity contribution in [2.24, 2.45) is 69.5 Å². The lowest BCUT2D eigenvalue weighted by atomic mass is 9.37. The van der Waals surface area contributed by atoms with E-state index in [1.807, 2.05) is 0 Å². The fourth-order valence-electron chi connectivity index (χ4n) is 11.7. The molecule has 11 atom stereocenters. The van der Waals surface area contributed by atoms with Crippen LogP contribution in [0.3, 0.4) is 0 Å². The molecule has 2 nitrogen and oxygen atoms in total. The predicted molar refractivity (Wildman–Crippen MR) is 141 cm³/mol. The maximum absolute atomic E-state index is 10.2. The van der Waals surface area contributed by atoms with Crippen LogP contribution in [0.25, 0.3) is 0 Å². The van der Waals surface area contributed by atoms with Crippen LogP contribution >= 0.6 is 0 Å². The van der Waals surface area contributed by atoms with E-state index in [1.165, 1.54) is 77.0 Å². The highest BCUT2D eigenvalue weighted by molar-refractivity contribution is 5.14. The molecule has 0 aromatic rings. The smallest absolute Gasteiger partial charge is 0.0491 e. The lowest BCUT2D eigenvalue weighted by Crippen LogP contribution is -2.61. The van der Waals surface area contributed by atoms with Gasteiger partial charge < -0.3 is 10.2 Å². The Bertz CT molecular complexity index is 718. The zero-order chi connectivity index (χ0) is 24.3. The summed E-state index contributed by atoms with van der Waals surface area (Å²) in [6.07, 6.45) is 17.9. The van der Waals surface area contributed by atoms with Gasteiger partial charge in [-0.25, -0.2) is 0 Å². The van der Waals surface area contributed by atoms with Crippen LogP contribution in [0.1, 0.15) is 118 Å². The van der Waals surface area contributed by atoms with Gasteiger partial charge in [0.1, 0.15) is 0 Å². The molecule has 0 spiro atoms. The molecule has 0 aliphatic heterocycles. The summed E-state index contributed by atoms with van der Waals surface area (Å²) in [4.78, 5) is 0. The van der Waals surface area contributed by atoms with Gasteiger partial charge in [-0.3, -0.25) is 0 Å². The molecule has 5 aliphatic rings. The molecular weight excluding hydrogens is 416 g/mol. The first-order valence-corrected chi connectivity index (χ1v) is 15.4. The van der Waals surface area contributed by atoms with E-state index < -0.39 is 0 Å². The zero-order valence-electron chi connectivity index (χ0n) is 23.2. The molecule has 0 heterocycles. The Hall–Kier alpha value is -0.0800. The van der Waals surface area contributed by atoms with E-state index in [0.29, 0.717) is 23.4 Å². The summed E-state index contributed by atoms with van der Waals surface area (Å²) in [5.74, 6) is 7.96. The molecule has 5 rings (SSSR count). The van der Waals surface area contributed by atoms with Crippen molar-refractivity contribution >= 4 is 0 Å². The number of rotatable bonds is 8. The van der Waals surface area contributed by atoms with Gasteiger partial charge in [-0.2, -0.15) is 0 Å². The minimum absolute atomic E-state index is 0.0487. The van der Waals surface area contributed by atoms with Gasteiger partial charge in [0.2, 0.25) is 0 Å². The monoisotopic (exact) mass is 472 g/mol. The van der Waals surface area contributed by atoms with Crippen LogP contribution in [0.2, 0.25) is 0 Å². The second kappa shape index (κ2) is 9.34. The number of hydrogen-bond acceptors (Lipinski definition) is 2. The van der Waals surface area contributed by atoms with E-state index in [1.54, 1.807) is 0 Å². The molecule has 0 aromatic carbocycles. The highest BCUT2D eigenvalue weighted by Crippen LogP contribution is 2.72. The molecule has 2 heteroatoms. The Kier molecular flexibility index (Phi) is 7.02. The summed E-state index contributed by atoms with van der Waals surface area (Å²) in [6, 6.07) is 0. The van der Waals surface area contributed by atoms with Crippen LogP contribution in [-0.4, -0.2) is 23.4 Å².